The van der Waals surface area contributed by atoms with E-state index < -0.39 is 23.5 Å². The lowest BCUT2D eigenvalue weighted by Gasteiger charge is -2.13. The van der Waals surface area contributed by atoms with Crippen LogP contribution in [-0.4, -0.2) is 32.7 Å². The highest BCUT2D eigenvalue weighted by Crippen LogP contribution is 2.32. The first kappa shape index (κ1) is 20.6. The fourth-order valence-corrected chi connectivity index (χ4v) is 1.60. The summed E-state index contributed by atoms with van der Waals surface area (Å²) in [7, 11) is 1.51. The molecule has 0 spiro atoms. The lowest BCUT2D eigenvalue weighted by Crippen LogP contribution is -2.35. The molecule has 0 bridgehead atoms. The smallest absolute Gasteiger partial charge is 0.383 e. The number of amides is 1. The third-order valence-electron chi connectivity index (χ3n) is 2.62. The Morgan fingerprint density at radius 3 is 2.59 bits per heavy atom. The highest BCUT2D eigenvalue weighted by molar-refractivity contribution is 5.85. The van der Waals surface area contributed by atoms with Crippen molar-refractivity contribution in [1.29, 1.82) is 0 Å². The molecule has 0 unspecified atom stereocenters. The van der Waals surface area contributed by atoms with Gasteiger partial charge in [0.15, 0.2) is 0 Å². The third-order valence-corrected chi connectivity index (χ3v) is 2.62. The predicted octanol–water partition coefficient (Wildman–Crippen LogP) is 2.12. The maximum atomic E-state index is 12.9. The Kier molecular flexibility index (Phi) is 9.00. The van der Waals surface area contributed by atoms with Gasteiger partial charge in [0.25, 0.3) is 0 Å². The molecular formula is C13H17ClF4N2O2. The average molecular weight is 345 g/mol. The van der Waals surface area contributed by atoms with Gasteiger partial charge >= 0.3 is 6.18 Å². The second-order valence-electron chi connectivity index (χ2n) is 4.25. The predicted molar refractivity (Wildman–Crippen MR) is 75.2 cm³/mol. The first-order valence-corrected chi connectivity index (χ1v) is 6.16. The number of nitrogens with one attached hydrogen (secondary N) is 2. The number of hydrogen-bond donors (Lipinski definition) is 2. The summed E-state index contributed by atoms with van der Waals surface area (Å²) in [6.07, 6.45) is -4.67. The SMILES string of the molecule is COCCNCC(=O)NCc1ccc(F)cc1C(F)(F)F.Cl. The monoisotopic (exact) mass is 344 g/mol. The molecule has 0 atom stereocenters. The summed E-state index contributed by atoms with van der Waals surface area (Å²) in [5.41, 5.74) is -1.27. The molecule has 1 aromatic rings. The minimum absolute atomic E-state index is 0. The summed E-state index contributed by atoms with van der Waals surface area (Å²) in [6.45, 7) is 0.517. The first-order valence-electron chi connectivity index (χ1n) is 6.16. The van der Waals surface area contributed by atoms with E-state index >= 15 is 0 Å². The van der Waals surface area contributed by atoms with Crippen molar-refractivity contribution in [3.63, 3.8) is 0 Å². The Hall–Kier alpha value is -1.38. The van der Waals surface area contributed by atoms with E-state index in [0.29, 0.717) is 19.2 Å². The van der Waals surface area contributed by atoms with Gasteiger partial charge in [-0.3, -0.25) is 4.79 Å². The van der Waals surface area contributed by atoms with Crippen LogP contribution in [0, 0.1) is 5.82 Å². The molecule has 0 saturated carbocycles. The molecule has 0 radical (unpaired) electrons. The van der Waals surface area contributed by atoms with Crippen molar-refractivity contribution in [2.24, 2.45) is 0 Å². The molecule has 22 heavy (non-hydrogen) atoms. The molecule has 0 fully saturated rings. The maximum Gasteiger partial charge on any atom is 0.416 e. The quantitative estimate of drug-likeness (QED) is 0.588. The standard InChI is InChI=1S/C13H16F4N2O2.ClH/c1-21-5-4-18-8-12(20)19-7-9-2-3-10(14)6-11(9)13(15,16)17;/h2-3,6,18H,4-5,7-8H2,1H3,(H,19,20);1H. The zero-order valence-corrected chi connectivity index (χ0v) is 12.6. The van der Waals surface area contributed by atoms with Gasteiger partial charge in [0, 0.05) is 20.2 Å². The normalized spacial score (nSPS) is 11.0. The maximum absolute atomic E-state index is 12.9. The van der Waals surface area contributed by atoms with Gasteiger partial charge in [-0.15, -0.1) is 12.4 Å². The van der Waals surface area contributed by atoms with Gasteiger partial charge in [0.2, 0.25) is 5.91 Å². The largest absolute Gasteiger partial charge is 0.416 e. The van der Waals surface area contributed by atoms with Crippen molar-refractivity contribution in [3.8, 4) is 0 Å². The molecule has 126 valence electrons. The Morgan fingerprint density at radius 1 is 1.32 bits per heavy atom. The molecule has 0 aliphatic carbocycles. The van der Waals surface area contributed by atoms with E-state index in [-0.39, 0.29) is 31.1 Å². The number of hydrogen-bond acceptors (Lipinski definition) is 3. The zero-order valence-electron chi connectivity index (χ0n) is 11.8. The third kappa shape index (κ3) is 7.06. The minimum Gasteiger partial charge on any atom is -0.383 e. The highest BCUT2D eigenvalue weighted by Gasteiger charge is 2.33. The number of halogens is 5. The van der Waals surface area contributed by atoms with Gasteiger partial charge in [-0.25, -0.2) is 4.39 Å². The molecule has 1 amide bonds. The summed E-state index contributed by atoms with van der Waals surface area (Å²) in [4.78, 5) is 11.4. The Morgan fingerprint density at radius 2 is 2.00 bits per heavy atom. The summed E-state index contributed by atoms with van der Waals surface area (Å²) in [5.74, 6) is -1.43. The Bertz CT molecular complexity index is 484. The van der Waals surface area contributed by atoms with Crippen molar-refractivity contribution in [3.05, 3.63) is 35.1 Å². The van der Waals surface area contributed by atoms with E-state index in [4.69, 9.17) is 4.74 Å². The van der Waals surface area contributed by atoms with Crippen molar-refractivity contribution in [1.82, 2.24) is 10.6 Å². The van der Waals surface area contributed by atoms with Crippen molar-refractivity contribution < 1.29 is 27.1 Å². The molecule has 0 aliphatic heterocycles. The second kappa shape index (κ2) is 9.60. The number of carbonyl (C=O) groups excluding carboxylic acids is 1. The summed E-state index contributed by atoms with van der Waals surface area (Å²) in [5, 5.41) is 5.10. The fraction of sp³-hybridized carbons (Fsp3) is 0.462. The highest BCUT2D eigenvalue weighted by atomic mass is 35.5. The number of ether oxygens (including phenoxy) is 1. The number of rotatable bonds is 7. The Balaban J connectivity index is 0.00000441. The van der Waals surface area contributed by atoms with E-state index in [0.717, 1.165) is 12.1 Å². The Labute approximate surface area is 131 Å². The van der Waals surface area contributed by atoms with E-state index in [1.54, 1.807) is 0 Å². The minimum atomic E-state index is -4.67. The van der Waals surface area contributed by atoms with Crippen LogP contribution in [0.1, 0.15) is 11.1 Å². The average Bonchev–Trinajstić information content (AvgIpc) is 2.41. The molecule has 9 heteroatoms. The summed E-state index contributed by atoms with van der Waals surface area (Å²) < 4.78 is 55.9. The molecule has 0 aliphatic rings. The first-order chi connectivity index (χ1) is 9.84. The molecule has 0 saturated heterocycles. The number of benzene rings is 1. The van der Waals surface area contributed by atoms with Crippen LogP contribution >= 0.6 is 12.4 Å². The van der Waals surface area contributed by atoms with Gasteiger partial charge < -0.3 is 15.4 Å². The molecule has 2 N–H and O–H groups in total. The van der Waals surface area contributed by atoms with Gasteiger partial charge in [-0.2, -0.15) is 13.2 Å². The number of methoxy groups -OCH3 is 1. The van der Waals surface area contributed by atoms with Crippen LogP contribution in [0.4, 0.5) is 17.6 Å². The summed E-state index contributed by atoms with van der Waals surface area (Å²) >= 11 is 0. The van der Waals surface area contributed by atoms with Crippen LogP contribution in [-0.2, 0) is 22.3 Å². The van der Waals surface area contributed by atoms with E-state index in [9.17, 15) is 22.4 Å². The lowest BCUT2D eigenvalue weighted by atomic mass is 10.1. The van der Waals surface area contributed by atoms with Gasteiger partial charge in [-0.1, -0.05) is 6.07 Å². The molecule has 4 nitrogen and oxygen atoms in total. The van der Waals surface area contributed by atoms with E-state index in [2.05, 4.69) is 10.6 Å². The van der Waals surface area contributed by atoms with Crippen LogP contribution in [0.2, 0.25) is 0 Å². The molecule has 1 rings (SSSR count). The summed E-state index contributed by atoms with van der Waals surface area (Å²) in [6, 6.07) is 2.35. The van der Waals surface area contributed by atoms with Gasteiger partial charge in [0.05, 0.1) is 18.7 Å². The van der Waals surface area contributed by atoms with Crippen LogP contribution in [0.15, 0.2) is 18.2 Å². The number of carbonyl (C=O) groups is 1. The number of alkyl halides is 3. The second-order valence-corrected chi connectivity index (χ2v) is 4.25. The van der Waals surface area contributed by atoms with Crippen molar-refractivity contribution in [2.45, 2.75) is 12.7 Å². The van der Waals surface area contributed by atoms with E-state index in [1.807, 2.05) is 0 Å². The topological polar surface area (TPSA) is 50.4 Å². The van der Waals surface area contributed by atoms with Crippen molar-refractivity contribution >= 4 is 18.3 Å². The van der Waals surface area contributed by atoms with Crippen LogP contribution in [0.5, 0.6) is 0 Å². The van der Waals surface area contributed by atoms with Crippen LogP contribution in [0.3, 0.4) is 0 Å². The van der Waals surface area contributed by atoms with E-state index in [1.165, 1.54) is 7.11 Å². The molecule has 1 aromatic carbocycles. The fourth-order valence-electron chi connectivity index (χ4n) is 1.60. The molecular weight excluding hydrogens is 328 g/mol. The zero-order chi connectivity index (χ0) is 15.9. The van der Waals surface area contributed by atoms with Crippen LogP contribution in [0.25, 0.3) is 0 Å². The molecule has 0 aromatic heterocycles. The van der Waals surface area contributed by atoms with Crippen molar-refractivity contribution in [2.75, 3.05) is 26.8 Å². The van der Waals surface area contributed by atoms with Gasteiger partial charge in [0.1, 0.15) is 5.82 Å². The van der Waals surface area contributed by atoms with Crippen LogP contribution < -0.4 is 10.6 Å². The van der Waals surface area contributed by atoms with Gasteiger partial charge in [-0.05, 0) is 17.7 Å². The molecule has 0 heterocycles. The lowest BCUT2D eigenvalue weighted by molar-refractivity contribution is -0.138.